The van der Waals surface area contributed by atoms with Crippen LogP contribution < -0.4 is 4.74 Å². The molecule has 2 heterocycles. The summed E-state index contributed by atoms with van der Waals surface area (Å²) in [4.78, 5) is 19.8. The molecule has 150 valence electrons. The number of carbonyl (C=O) groups is 1. The van der Waals surface area contributed by atoms with Crippen molar-refractivity contribution in [2.24, 2.45) is 5.92 Å². The molecular weight excluding hydrogens is 342 g/mol. The molecule has 2 aliphatic rings. The normalized spacial score (nSPS) is 22.0. The topological polar surface area (TPSA) is 45.2 Å². The van der Waals surface area contributed by atoms with Gasteiger partial charge in [-0.3, -0.25) is 9.69 Å². The molecule has 1 aromatic rings. The van der Waals surface area contributed by atoms with E-state index in [1.807, 2.05) is 12.1 Å². The lowest BCUT2D eigenvalue weighted by Crippen LogP contribution is -2.52. The van der Waals surface area contributed by atoms with Gasteiger partial charge in [0, 0.05) is 58.5 Å². The van der Waals surface area contributed by atoms with Gasteiger partial charge in [0.05, 0.1) is 19.6 Å². The highest BCUT2D eigenvalue weighted by Crippen LogP contribution is 2.22. The van der Waals surface area contributed by atoms with Crippen molar-refractivity contribution in [3.05, 3.63) is 29.8 Å². The maximum absolute atomic E-state index is 13.0. The van der Waals surface area contributed by atoms with Crippen LogP contribution in [-0.4, -0.2) is 87.2 Å². The van der Waals surface area contributed by atoms with Gasteiger partial charge < -0.3 is 19.3 Å². The molecule has 2 aliphatic heterocycles. The summed E-state index contributed by atoms with van der Waals surface area (Å²) in [6, 6.07) is 8.18. The number of hydrogen-bond donors (Lipinski definition) is 0. The number of likely N-dealkylation sites (tertiary alicyclic amines) is 1. The molecule has 0 spiro atoms. The Morgan fingerprint density at radius 3 is 2.59 bits per heavy atom. The number of amides is 1. The van der Waals surface area contributed by atoms with Crippen LogP contribution in [0.25, 0.3) is 0 Å². The fourth-order valence-electron chi connectivity index (χ4n) is 4.14. The second-order valence-electron chi connectivity index (χ2n) is 7.55. The summed E-state index contributed by atoms with van der Waals surface area (Å²) >= 11 is 0. The lowest BCUT2D eigenvalue weighted by molar-refractivity contribution is -0.139. The maximum atomic E-state index is 13.0. The van der Waals surface area contributed by atoms with Crippen molar-refractivity contribution in [1.29, 1.82) is 0 Å². The van der Waals surface area contributed by atoms with Crippen molar-refractivity contribution in [2.75, 3.05) is 66.6 Å². The second-order valence-corrected chi connectivity index (χ2v) is 7.55. The summed E-state index contributed by atoms with van der Waals surface area (Å²) in [5.41, 5.74) is 1.21. The van der Waals surface area contributed by atoms with E-state index in [1.165, 1.54) is 5.56 Å². The molecule has 0 N–H and O–H groups in total. The fraction of sp³-hybridized carbons (Fsp3) is 0.667. The monoisotopic (exact) mass is 375 g/mol. The van der Waals surface area contributed by atoms with Crippen molar-refractivity contribution < 1.29 is 14.3 Å². The first-order valence-corrected chi connectivity index (χ1v) is 10.1. The van der Waals surface area contributed by atoms with Crippen LogP contribution in [-0.2, 0) is 16.1 Å². The van der Waals surface area contributed by atoms with Gasteiger partial charge in [-0.2, -0.15) is 0 Å². The second kappa shape index (κ2) is 10.1. The van der Waals surface area contributed by atoms with E-state index in [9.17, 15) is 4.79 Å². The highest BCUT2D eigenvalue weighted by Gasteiger charge is 2.31. The molecule has 1 amide bonds. The number of piperidine rings is 1. The minimum absolute atomic E-state index is 0.149. The predicted molar refractivity (Wildman–Crippen MR) is 106 cm³/mol. The molecule has 1 atom stereocenters. The molecule has 2 saturated heterocycles. The maximum Gasteiger partial charge on any atom is 0.227 e. The van der Waals surface area contributed by atoms with Crippen molar-refractivity contribution in [3.63, 3.8) is 0 Å². The first-order valence-electron chi connectivity index (χ1n) is 10.1. The third-order valence-electron chi connectivity index (χ3n) is 5.74. The molecular formula is C21H33N3O3. The van der Waals surface area contributed by atoms with Crippen LogP contribution in [0.5, 0.6) is 5.75 Å². The number of rotatable bonds is 7. The number of hydrogen-bond acceptors (Lipinski definition) is 5. The Hall–Kier alpha value is -1.63. The average Bonchev–Trinajstić information content (AvgIpc) is 2.73. The molecule has 3 rings (SSSR count). The SMILES string of the molecule is COCCN1CCCC(C(=O)N2CCN(Cc3ccccc3OC)CC2)C1. The standard InChI is InChI=1S/C21H33N3O3/c1-26-15-14-22-9-5-7-19(17-22)21(25)24-12-10-23(11-13-24)16-18-6-3-4-8-20(18)27-2/h3-4,6,8,19H,5,7,9-17H2,1-2H3. The number of carbonyl (C=O) groups excluding carboxylic acids is 1. The summed E-state index contributed by atoms with van der Waals surface area (Å²) in [5.74, 6) is 1.43. The number of piperazine rings is 1. The van der Waals surface area contributed by atoms with Crippen LogP contribution >= 0.6 is 0 Å². The van der Waals surface area contributed by atoms with Crippen molar-refractivity contribution in [2.45, 2.75) is 19.4 Å². The number of methoxy groups -OCH3 is 2. The minimum Gasteiger partial charge on any atom is -0.496 e. The zero-order chi connectivity index (χ0) is 19.1. The quantitative estimate of drug-likeness (QED) is 0.726. The van der Waals surface area contributed by atoms with Crippen LogP contribution in [0.2, 0.25) is 0 Å². The van der Waals surface area contributed by atoms with Crippen LogP contribution in [0.15, 0.2) is 24.3 Å². The van der Waals surface area contributed by atoms with Crippen LogP contribution in [0.1, 0.15) is 18.4 Å². The molecule has 1 unspecified atom stereocenters. The summed E-state index contributed by atoms with van der Waals surface area (Å²) in [6.45, 7) is 7.98. The molecule has 1 aromatic carbocycles. The zero-order valence-corrected chi connectivity index (χ0v) is 16.7. The summed E-state index contributed by atoms with van der Waals surface area (Å²) in [5, 5.41) is 0. The first kappa shape index (κ1) is 20.1. The van der Waals surface area contributed by atoms with Gasteiger partial charge in [0.15, 0.2) is 0 Å². The van der Waals surface area contributed by atoms with E-state index < -0.39 is 0 Å². The molecule has 0 radical (unpaired) electrons. The van der Waals surface area contributed by atoms with Crippen molar-refractivity contribution >= 4 is 5.91 Å². The third-order valence-corrected chi connectivity index (χ3v) is 5.74. The van der Waals surface area contributed by atoms with Crippen molar-refractivity contribution in [3.8, 4) is 5.75 Å². The number of benzene rings is 1. The van der Waals surface area contributed by atoms with Gasteiger partial charge in [-0.1, -0.05) is 18.2 Å². The Kier molecular flexibility index (Phi) is 7.50. The van der Waals surface area contributed by atoms with Gasteiger partial charge in [0.2, 0.25) is 5.91 Å². The van der Waals surface area contributed by atoms with E-state index in [0.29, 0.717) is 5.91 Å². The minimum atomic E-state index is 0.149. The third kappa shape index (κ3) is 5.43. The molecule has 0 saturated carbocycles. The Balaban J connectivity index is 1.47. The highest BCUT2D eigenvalue weighted by atomic mass is 16.5. The molecule has 6 nitrogen and oxygen atoms in total. The molecule has 27 heavy (non-hydrogen) atoms. The molecule has 0 aromatic heterocycles. The van der Waals surface area contributed by atoms with E-state index >= 15 is 0 Å². The Morgan fingerprint density at radius 2 is 1.85 bits per heavy atom. The Bertz CT molecular complexity index is 602. The summed E-state index contributed by atoms with van der Waals surface area (Å²) in [7, 11) is 3.45. The van der Waals surface area contributed by atoms with Crippen molar-refractivity contribution in [1.82, 2.24) is 14.7 Å². The average molecular weight is 376 g/mol. The number of nitrogens with zero attached hydrogens (tertiary/aromatic N) is 3. The van der Waals surface area contributed by atoms with Gasteiger partial charge in [-0.05, 0) is 25.5 Å². The van der Waals surface area contributed by atoms with Crippen LogP contribution in [0.4, 0.5) is 0 Å². The summed E-state index contributed by atoms with van der Waals surface area (Å²) < 4.78 is 10.6. The summed E-state index contributed by atoms with van der Waals surface area (Å²) in [6.07, 6.45) is 2.12. The van der Waals surface area contributed by atoms with Gasteiger partial charge >= 0.3 is 0 Å². The van der Waals surface area contributed by atoms with E-state index in [1.54, 1.807) is 14.2 Å². The van der Waals surface area contributed by atoms with Gasteiger partial charge in [0.1, 0.15) is 5.75 Å². The highest BCUT2D eigenvalue weighted by molar-refractivity contribution is 5.79. The number of para-hydroxylation sites is 1. The van der Waals surface area contributed by atoms with Gasteiger partial charge in [-0.15, -0.1) is 0 Å². The molecule has 0 bridgehead atoms. The van der Waals surface area contributed by atoms with Gasteiger partial charge in [0.25, 0.3) is 0 Å². The lowest BCUT2D eigenvalue weighted by atomic mass is 9.96. The fourth-order valence-corrected chi connectivity index (χ4v) is 4.14. The van der Waals surface area contributed by atoms with Crippen LogP contribution in [0.3, 0.4) is 0 Å². The van der Waals surface area contributed by atoms with E-state index in [0.717, 1.165) is 77.6 Å². The Morgan fingerprint density at radius 1 is 1.07 bits per heavy atom. The molecule has 2 fully saturated rings. The first-order chi connectivity index (χ1) is 13.2. The molecule has 0 aliphatic carbocycles. The largest absolute Gasteiger partial charge is 0.496 e. The predicted octanol–water partition coefficient (Wildman–Crippen LogP) is 1.70. The zero-order valence-electron chi connectivity index (χ0n) is 16.7. The van der Waals surface area contributed by atoms with E-state index in [4.69, 9.17) is 9.47 Å². The number of ether oxygens (including phenoxy) is 2. The van der Waals surface area contributed by atoms with Gasteiger partial charge in [-0.25, -0.2) is 0 Å². The smallest absolute Gasteiger partial charge is 0.227 e. The van der Waals surface area contributed by atoms with E-state index in [2.05, 4.69) is 26.8 Å². The van der Waals surface area contributed by atoms with Crippen LogP contribution in [0, 0.1) is 5.92 Å². The van der Waals surface area contributed by atoms with E-state index in [-0.39, 0.29) is 5.92 Å². The Labute approximate surface area is 163 Å². The lowest BCUT2D eigenvalue weighted by Gasteiger charge is -2.39. The molecule has 6 heteroatoms.